The van der Waals surface area contributed by atoms with Crippen LogP contribution in [0.25, 0.3) is 6.08 Å². The highest BCUT2D eigenvalue weighted by atomic mass is 16.7. The van der Waals surface area contributed by atoms with Crippen molar-refractivity contribution in [2.24, 2.45) is 0 Å². The second-order valence-electron chi connectivity index (χ2n) is 9.18. The molecule has 4 rings (SSSR count). The van der Waals surface area contributed by atoms with Gasteiger partial charge in [-0.15, -0.1) is 0 Å². The smallest absolute Gasteiger partial charge is 0.200 e. The summed E-state index contributed by atoms with van der Waals surface area (Å²) >= 11 is 0. The Hall–Kier alpha value is -3.10. The van der Waals surface area contributed by atoms with E-state index in [1.165, 1.54) is 21.3 Å². The van der Waals surface area contributed by atoms with Crippen molar-refractivity contribution in [1.29, 1.82) is 0 Å². The number of hydrogen-bond acceptors (Lipinski definition) is 12. The third-order valence-electron chi connectivity index (χ3n) is 6.87. The first-order valence-electron chi connectivity index (χ1n) is 12.3. The number of phenolic OH excluding ortho intramolecular Hbond substituents is 1. The molecule has 2 aromatic rings. The van der Waals surface area contributed by atoms with Gasteiger partial charge in [0.1, 0.15) is 30.5 Å². The number of fused-ring (bicyclic) bond motifs is 1. The van der Waals surface area contributed by atoms with E-state index in [2.05, 4.69) is 0 Å². The van der Waals surface area contributed by atoms with E-state index < -0.39 is 49.3 Å². The Morgan fingerprint density at radius 1 is 0.872 bits per heavy atom. The molecular weight excluding hydrogens is 516 g/mol. The first-order chi connectivity index (χ1) is 18.8. The summed E-state index contributed by atoms with van der Waals surface area (Å²) in [5.74, 6) is 0.484. The van der Waals surface area contributed by atoms with Gasteiger partial charge in [0.15, 0.2) is 29.3 Å². The first kappa shape index (κ1) is 28.9. The van der Waals surface area contributed by atoms with Crippen LogP contribution in [0, 0.1) is 0 Å². The largest absolute Gasteiger partial charge is 0.502 e. The Kier molecular flexibility index (Phi) is 9.18. The number of phenols is 1. The van der Waals surface area contributed by atoms with Crippen molar-refractivity contribution in [3.05, 3.63) is 47.0 Å². The molecule has 0 aromatic heterocycles. The lowest BCUT2D eigenvalue weighted by atomic mass is 9.90. The van der Waals surface area contributed by atoms with Crippen molar-refractivity contribution in [3.8, 4) is 28.7 Å². The fraction of sp³-hybridized carbons (Fsp3) is 0.481. The van der Waals surface area contributed by atoms with Crippen LogP contribution in [0.3, 0.4) is 0 Å². The predicted octanol–water partition coefficient (Wildman–Crippen LogP) is 0.457. The van der Waals surface area contributed by atoms with Gasteiger partial charge in [-0.25, -0.2) is 0 Å². The highest BCUT2D eigenvalue weighted by Gasteiger charge is 2.46. The molecule has 6 N–H and O–H groups in total. The van der Waals surface area contributed by atoms with Gasteiger partial charge < -0.3 is 59.1 Å². The Morgan fingerprint density at radius 3 is 2.13 bits per heavy atom. The number of hydrogen-bond donors (Lipinski definition) is 6. The maximum Gasteiger partial charge on any atom is 0.200 e. The molecule has 0 aliphatic carbocycles. The summed E-state index contributed by atoms with van der Waals surface area (Å²) in [6.07, 6.45) is -4.59. The topological polar surface area (TPSA) is 177 Å². The number of benzene rings is 2. The average molecular weight is 551 g/mol. The van der Waals surface area contributed by atoms with Crippen LogP contribution < -0.4 is 18.9 Å². The zero-order valence-electron chi connectivity index (χ0n) is 21.8. The molecule has 2 heterocycles. The molecule has 7 unspecified atom stereocenters. The van der Waals surface area contributed by atoms with Crippen molar-refractivity contribution in [3.63, 3.8) is 0 Å². The minimum absolute atomic E-state index is 0.0951. The van der Waals surface area contributed by atoms with Gasteiger partial charge in [-0.3, -0.25) is 0 Å². The van der Waals surface area contributed by atoms with Crippen molar-refractivity contribution >= 4 is 6.08 Å². The molecule has 12 nitrogen and oxygen atoms in total. The van der Waals surface area contributed by atoms with Crippen LogP contribution in [0.4, 0.5) is 0 Å². The average Bonchev–Trinajstić information content (AvgIpc) is 3.32. The Labute approximate surface area is 225 Å². The quantitative estimate of drug-likeness (QED) is 0.241. The molecule has 2 aliphatic rings. The minimum atomic E-state index is -1.59. The molecule has 1 saturated heterocycles. The summed E-state index contributed by atoms with van der Waals surface area (Å²) < 4.78 is 34.0. The summed E-state index contributed by atoms with van der Waals surface area (Å²) in [7, 11) is 4.31. The van der Waals surface area contributed by atoms with E-state index in [-0.39, 0.29) is 30.5 Å². The summed E-state index contributed by atoms with van der Waals surface area (Å²) in [6, 6.07) is 6.81. The van der Waals surface area contributed by atoms with Gasteiger partial charge in [0.05, 0.1) is 47.1 Å². The van der Waals surface area contributed by atoms with Crippen LogP contribution in [0.1, 0.15) is 28.7 Å². The lowest BCUT2D eigenvalue weighted by Gasteiger charge is -2.40. The molecule has 2 aromatic carbocycles. The lowest BCUT2D eigenvalue weighted by molar-refractivity contribution is -0.302. The molecule has 7 atom stereocenters. The summed E-state index contributed by atoms with van der Waals surface area (Å²) in [5.41, 5.74) is 1.99. The van der Waals surface area contributed by atoms with Gasteiger partial charge in [0.2, 0.25) is 5.75 Å². The van der Waals surface area contributed by atoms with Crippen LogP contribution in [-0.4, -0.2) is 102 Å². The number of ether oxygens (including phenoxy) is 6. The second kappa shape index (κ2) is 12.4. The monoisotopic (exact) mass is 550 g/mol. The number of aliphatic hydroxyl groups is 5. The van der Waals surface area contributed by atoms with Gasteiger partial charge in [-0.2, -0.15) is 0 Å². The number of rotatable bonds is 10. The van der Waals surface area contributed by atoms with Crippen molar-refractivity contribution in [2.45, 2.75) is 42.7 Å². The minimum Gasteiger partial charge on any atom is -0.502 e. The van der Waals surface area contributed by atoms with Crippen molar-refractivity contribution in [1.82, 2.24) is 0 Å². The highest BCUT2D eigenvalue weighted by Crippen LogP contribution is 2.53. The summed E-state index contributed by atoms with van der Waals surface area (Å²) in [4.78, 5) is 0. The maximum absolute atomic E-state index is 10.5. The molecule has 1 fully saturated rings. The third kappa shape index (κ3) is 5.63. The van der Waals surface area contributed by atoms with Gasteiger partial charge in [0, 0.05) is 11.1 Å². The van der Waals surface area contributed by atoms with Crippen LogP contribution >= 0.6 is 0 Å². The van der Waals surface area contributed by atoms with E-state index in [0.717, 1.165) is 5.56 Å². The van der Waals surface area contributed by atoms with Crippen molar-refractivity contribution in [2.75, 3.05) is 41.2 Å². The predicted molar refractivity (Wildman–Crippen MR) is 136 cm³/mol. The molecule has 2 aliphatic heterocycles. The second-order valence-corrected chi connectivity index (χ2v) is 9.18. The SMILES string of the molecule is COc1cc(C2Oc3c(OC)cc(C=CCO)cc3C2COC2OC(CO)C(O)C(O)C2O)cc(OC)c1O. The van der Waals surface area contributed by atoms with E-state index in [1.807, 2.05) is 6.07 Å². The van der Waals surface area contributed by atoms with Crippen LogP contribution in [0.5, 0.6) is 28.7 Å². The summed E-state index contributed by atoms with van der Waals surface area (Å²) in [6.45, 7) is -0.842. The Morgan fingerprint density at radius 2 is 1.54 bits per heavy atom. The Balaban J connectivity index is 1.74. The number of aliphatic hydroxyl groups excluding tert-OH is 5. The van der Waals surface area contributed by atoms with Crippen molar-refractivity contribution < 1.29 is 59.1 Å². The van der Waals surface area contributed by atoms with E-state index >= 15 is 0 Å². The zero-order chi connectivity index (χ0) is 28.3. The molecule has 12 heteroatoms. The van der Waals surface area contributed by atoms with Crippen LogP contribution in [0.2, 0.25) is 0 Å². The van der Waals surface area contributed by atoms with Crippen LogP contribution in [0.15, 0.2) is 30.3 Å². The third-order valence-corrected chi connectivity index (χ3v) is 6.87. The molecule has 0 bridgehead atoms. The fourth-order valence-electron chi connectivity index (χ4n) is 4.82. The Bertz CT molecular complexity index is 1140. The number of methoxy groups -OCH3 is 3. The molecule has 39 heavy (non-hydrogen) atoms. The molecule has 214 valence electrons. The normalized spacial score (nSPS) is 28.3. The fourth-order valence-corrected chi connectivity index (χ4v) is 4.82. The summed E-state index contributed by atoms with van der Waals surface area (Å²) in [5, 5.41) is 60.0. The van der Waals surface area contributed by atoms with E-state index in [9.17, 15) is 30.6 Å². The van der Waals surface area contributed by atoms with Gasteiger partial charge in [-0.05, 0) is 29.8 Å². The number of aromatic hydroxyl groups is 1. The first-order valence-corrected chi connectivity index (χ1v) is 12.3. The highest BCUT2D eigenvalue weighted by molar-refractivity contribution is 5.63. The molecule has 0 amide bonds. The zero-order valence-corrected chi connectivity index (χ0v) is 21.8. The molecular formula is C27H34O12. The van der Waals surface area contributed by atoms with E-state index in [1.54, 1.807) is 30.4 Å². The molecule has 0 spiro atoms. The van der Waals surface area contributed by atoms with Gasteiger partial charge in [-0.1, -0.05) is 12.2 Å². The molecule has 0 saturated carbocycles. The lowest BCUT2D eigenvalue weighted by Crippen LogP contribution is -2.59. The standard InChI is InChI=1S/C27H34O12/c1-34-17-9-14(10-18(35-2)21(17)30)25-16(12-37-27-24(33)23(32)22(31)20(11-29)38-27)15-7-13(5-4-6-28)8-19(36-3)26(15)39-25/h4-5,7-10,16,20,22-25,27-33H,6,11-12H2,1-3H3. The van der Waals surface area contributed by atoms with E-state index in [0.29, 0.717) is 22.6 Å². The van der Waals surface area contributed by atoms with Crippen LogP contribution in [-0.2, 0) is 9.47 Å². The van der Waals surface area contributed by atoms with E-state index in [4.69, 9.17) is 28.4 Å². The van der Waals surface area contributed by atoms with Gasteiger partial charge >= 0.3 is 0 Å². The van der Waals surface area contributed by atoms with Gasteiger partial charge in [0.25, 0.3) is 0 Å². The molecule has 0 radical (unpaired) electrons. The maximum atomic E-state index is 10.5.